The summed E-state index contributed by atoms with van der Waals surface area (Å²) in [6.45, 7) is -0.928. The summed E-state index contributed by atoms with van der Waals surface area (Å²) in [6, 6.07) is 0.928. The summed E-state index contributed by atoms with van der Waals surface area (Å²) in [7, 11) is -20.8. The number of hydrogen-bond acceptors (Lipinski definition) is 27. The Bertz CT molecular complexity index is 3320. The number of aromatic nitrogens is 10. The lowest BCUT2D eigenvalue weighted by atomic mass is 9.95. The molecule has 0 amide bonds. The molecule has 3 aliphatic heterocycles. The average molecular weight is 1180 g/mol. The van der Waals surface area contributed by atoms with Crippen LogP contribution in [0, 0.1) is 5.92 Å². The van der Waals surface area contributed by atoms with Crippen LogP contribution in [-0.4, -0.2) is 167 Å². The zero-order chi connectivity index (χ0) is 55.9. The third kappa shape index (κ3) is 13.0. The maximum Gasteiger partial charge on any atom is 0.490 e. The Morgan fingerprint density at radius 3 is 2.12 bits per heavy atom. The third-order valence-corrected chi connectivity index (χ3v) is 17.3. The zero-order valence-electron chi connectivity index (χ0n) is 40.3. The summed E-state index contributed by atoms with van der Waals surface area (Å²) in [5.74, 6) is -1.28. The number of aliphatic hydroxyl groups excluding tert-OH is 3. The van der Waals surface area contributed by atoms with Gasteiger partial charge in [-0.3, -0.25) is 51.4 Å². The van der Waals surface area contributed by atoms with Crippen molar-refractivity contribution in [3.63, 3.8) is 0 Å². The number of rotatable bonds is 24. The van der Waals surface area contributed by atoms with E-state index >= 15 is 0 Å². The van der Waals surface area contributed by atoms with Crippen molar-refractivity contribution < 1.29 is 108 Å². The number of anilines is 2. The van der Waals surface area contributed by atoms with E-state index in [1.807, 2.05) is 11.9 Å². The Kier molecular flexibility index (Phi) is 17.7. The first-order valence-corrected chi connectivity index (χ1v) is 28.7. The lowest BCUT2D eigenvalue weighted by molar-refractivity contribution is -0.745. The fourth-order valence-electron chi connectivity index (χ4n) is 8.70. The highest BCUT2D eigenvalue weighted by molar-refractivity contribution is 7.66. The molecule has 3 aliphatic rings. The molecule has 0 aliphatic carbocycles. The Labute approximate surface area is 430 Å². The number of aliphatic hydroxyl groups is 3. The van der Waals surface area contributed by atoms with Crippen molar-refractivity contribution in [2.75, 3.05) is 51.6 Å². The van der Waals surface area contributed by atoms with Crippen molar-refractivity contribution in [3.05, 3.63) is 62.4 Å². The van der Waals surface area contributed by atoms with Crippen molar-refractivity contribution in [2.45, 2.75) is 87.3 Å². The van der Waals surface area contributed by atoms with Crippen LogP contribution in [0.25, 0.3) is 22.3 Å². The number of methoxy groups -OCH3 is 1. The Morgan fingerprint density at radius 1 is 0.779 bits per heavy atom. The number of imidazole rings is 2. The van der Waals surface area contributed by atoms with Gasteiger partial charge in [0, 0.05) is 38.5 Å². The predicted molar refractivity (Wildman–Crippen MR) is 251 cm³/mol. The van der Waals surface area contributed by atoms with Gasteiger partial charge in [-0.2, -0.15) is 8.62 Å². The summed E-state index contributed by atoms with van der Waals surface area (Å²) in [4.78, 5) is 99.9. The van der Waals surface area contributed by atoms with Gasteiger partial charge < -0.3 is 70.0 Å². The molecule has 5 aromatic heterocycles. The maximum atomic E-state index is 13.6. The van der Waals surface area contributed by atoms with Gasteiger partial charge >= 0.3 is 42.6 Å². The van der Waals surface area contributed by atoms with Crippen LogP contribution in [0.5, 0.6) is 0 Å². The highest BCUT2D eigenvalue weighted by Gasteiger charge is 2.54. The van der Waals surface area contributed by atoms with Crippen molar-refractivity contribution >= 4 is 65.4 Å². The van der Waals surface area contributed by atoms with E-state index < -0.39 is 141 Å². The van der Waals surface area contributed by atoms with Gasteiger partial charge in [-0.05, 0) is 12.8 Å². The van der Waals surface area contributed by atoms with E-state index in [2.05, 4.69) is 33.5 Å². The molecule has 41 heteroatoms. The number of nitrogens with zero attached hydrogens (tertiary/aromatic N) is 8. The number of fused-ring (bicyclic) bond motifs is 2. The van der Waals surface area contributed by atoms with E-state index in [1.165, 1.54) is 27.1 Å². The zero-order valence-corrected chi connectivity index (χ0v) is 43.8. The number of aromatic amines is 2. The standard InChI is InChI=1S/C36H52N12O25P4/c1-4-8-64-9-6-16-17(68-32(23(16)50)48-15-45(2)22-30(48)43-35(38)44-31(22)53)10-66-75(57,58)72-77(61,62)73-76(59,60)67-12-19-26(27(63-3)34(70-19)47-14-41-21-28(37)39-13-40-29(21)47)71-74(55,56)65-11-18-24(51)25(52)33(69-18)46-7-5-20(49)42-36(46)54/h5,7,13-19,23-27,32-34,50-52H,4,6,8-12H2,1-3H3,(H9-,37,38,39,40,42,43,44,49,53,54,55,56,57,58,59,60,61,62)/p+1/t16-,17-,18-,19-,23-,24-,25-,26-,27-,32-,33-,34-/m1/s1. The van der Waals surface area contributed by atoms with E-state index in [0.29, 0.717) is 13.0 Å². The summed E-state index contributed by atoms with van der Waals surface area (Å²) < 4.78 is 116. The lowest BCUT2D eigenvalue weighted by Gasteiger charge is -2.26. The summed E-state index contributed by atoms with van der Waals surface area (Å²) in [5.41, 5.74) is 9.39. The van der Waals surface area contributed by atoms with Crippen LogP contribution in [0.4, 0.5) is 11.8 Å². The Balaban J connectivity index is 0.943. The molecular weight excluding hydrogens is 1120 g/mol. The fourth-order valence-corrected chi connectivity index (χ4v) is 13.2. The molecule has 3 saturated heterocycles. The lowest BCUT2D eigenvalue weighted by Crippen LogP contribution is -2.45. The summed E-state index contributed by atoms with van der Waals surface area (Å²) >= 11 is 0. The molecule has 37 nitrogen and oxygen atoms in total. The van der Waals surface area contributed by atoms with E-state index in [1.54, 1.807) is 0 Å². The van der Waals surface area contributed by atoms with Gasteiger partial charge in [0.2, 0.25) is 11.7 Å². The van der Waals surface area contributed by atoms with Crippen LogP contribution < -0.4 is 32.8 Å². The van der Waals surface area contributed by atoms with E-state index in [4.69, 9.17) is 53.2 Å². The normalized spacial score (nSPS) is 29.9. The molecule has 8 heterocycles. The molecule has 8 rings (SSSR count). The smallest absolute Gasteiger partial charge is 0.387 e. The van der Waals surface area contributed by atoms with Crippen LogP contribution in [0.15, 0.2) is 45.6 Å². The number of aryl methyl sites for hydroxylation is 1. The quantitative estimate of drug-likeness (QED) is 0.0169. The van der Waals surface area contributed by atoms with Gasteiger partial charge in [-0.1, -0.05) is 11.9 Å². The molecule has 5 aromatic rings. The van der Waals surface area contributed by atoms with Gasteiger partial charge in [-0.15, -0.1) is 0 Å². The first kappa shape index (κ1) is 58.5. The van der Waals surface area contributed by atoms with Crippen LogP contribution in [0.3, 0.4) is 0 Å². The number of hydrogen-bond donors (Lipinski definition) is 11. The fraction of sp³-hybridized carbons (Fsp3) is 0.611. The number of ether oxygens (including phenoxy) is 5. The van der Waals surface area contributed by atoms with E-state index in [0.717, 1.165) is 36.6 Å². The first-order valence-electron chi connectivity index (χ1n) is 22.7. The molecule has 4 unspecified atom stereocenters. The molecule has 0 bridgehead atoms. The van der Waals surface area contributed by atoms with Crippen LogP contribution in [-0.2, 0) is 75.7 Å². The number of nitrogens with two attached hydrogens (primary N) is 2. The second kappa shape index (κ2) is 23.2. The molecular formula is C36H53N12O25P4+. The highest BCUT2D eigenvalue weighted by Crippen LogP contribution is 2.68. The molecule has 13 N–H and O–H groups in total. The predicted octanol–water partition coefficient (Wildman–Crippen LogP) is -2.80. The SMILES string of the molecule is CCCOCC[C@H]1[C@@H](O)[C@H]([n+]2cn(C)c3c(=O)[nH]c(N)nc32)O[C@@H]1COP(=O)(O)OP(=O)(O)OP(=O)(O)OC[C@H]1O[C@@H](n2cnc3c(N)ncnc32)[C@H](OC)[C@@H]1OP(=O)(O)OC[C@H]1O[C@@H](n2ccc(=O)[nH]c2=O)[C@H](O)[C@@H]1O. The molecule has 77 heavy (non-hydrogen) atoms. The number of nitrogens with one attached hydrogen (secondary N) is 2. The molecule has 426 valence electrons. The minimum Gasteiger partial charge on any atom is -0.387 e. The van der Waals surface area contributed by atoms with E-state index in [9.17, 15) is 67.5 Å². The molecule has 0 radical (unpaired) electrons. The van der Waals surface area contributed by atoms with E-state index in [-0.39, 0.29) is 47.1 Å². The number of phosphoric ester groups is 3. The van der Waals surface area contributed by atoms with Crippen molar-refractivity contribution in [1.82, 2.24) is 43.6 Å². The van der Waals surface area contributed by atoms with Gasteiger partial charge in [0.15, 0.2) is 30.2 Å². The monoisotopic (exact) mass is 1180 g/mol. The average Bonchev–Trinajstić information content (AvgIpc) is 4.19. The third-order valence-electron chi connectivity index (χ3n) is 12.1. The summed E-state index contributed by atoms with van der Waals surface area (Å²) in [5, 5.41) is 32.8. The topological polar surface area (TPSA) is 516 Å². The minimum atomic E-state index is -6.18. The Morgan fingerprint density at radius 2 is 1.44 bits per heavy atom. The molecule has 3 fully saturated rings. The molecule has 0 saturated carbocycles. The maximum absolute atomic E-state index is 13.6. The largest absolute Gasteiger partial charge is 0.490 e. The van der Waals surface area contributed by atoms with Gasteiger partial charge in [0.1, 0.15) is 54.6 Å². The molecule has 16 atom stereocenters. The number of phosphoric acid groups is 4. The van der Waals surface area contributed by atoms with Crippen LogP contribution >= 0.6 is 31.3 Å². The van der Waals surface area contributed by atoms with Gasteiger partial charge in [-0.25, -0.2) is 42.6 Å². The molecule has 0 aromatic carbocycles. The second-order valence-electron chi connectivity index (χ2n) is 17.3. The number of H-pyrrole nitrogens is 2. The number of nitrogen functional groups attached to an aromatic ring is 2. The van der Waals surface area contributed by atoms with Gasteiger partial charge in [0.25, 0.3) is 17.1 Å². The highest BCUT2D eigenvalue weighted by atomic mass is 31.3. The van der Waals surface area contributed by atoms with Crippen LogP contribution in [0.1, 0.15) is 38.4 Å². The van der Waals surface area contributed by atoms with Crippen molar-refractivity contribution in [1.29, 1.82) is 0 Å². The Hall–Kier alpha value is -4.62. The minimum absolute atomic E-state index is 0.00319. The first-order chi connectivity index (χ1) is 36.2. The van der Waals surface area contributed by atoms with Crippen molar-refractivity contribution in [3.8, 4) is 0 Å². The van der Waals surface area contributed by atoms with Gasteiger partial charge in [0.05, 0.1) is 39.3 Å². The summed E-state index contributed by atoms with van der Waals surface area (Å²) in [6.07, 6.45) is -12.4. The second-order valence-corrected chi connectivity index (χ2v) is 23.3. The molecule has 0 spiro atoms. The van der Waals surface area contributed by atoms with Crippen LogP contribution in [0.2, 0.25) is 0 Å². The van der Waals surface area contributed by atoms with Crippen molar-refractivity contribution in [2.24, 2.45) is 13.0 Å².